The van der Waals surface area contributed by atoms with Crippen LogP contribution in [0.5, 0.6) is 0 Å². The molecule has 3 nitrogen and oxygen atoms in total. The Balaban J connectivity index is 1.85. The van der Waals surface area contributed by atoms with Crippen LogP contribution >= 0.6 is 0 Å². The van der Waals surface area contributed by atoms with Crippen molar-refractivity contribution >= 4 is 43.9 Å². The molecule has 0 aliphatic carbocycles. The van der Waals surface area contributed by atoms with Gasteiger partial charge in [0.25, 0.3) is 0 Å². The van der Waals surface area contributed by atoms with E-state index in [-0.39, 0.29) is 0 Å². The molecule has 2 heterocycles. The number of furan rings is 2. The van der Waals surface area contributed by atoms with Crippen molar-refractivity contribution in [3.63, 3.8) is 0 Å². The molecule has 6 rings (SSSR count). The fourth-order valence-electron chi connectivity index (χ4n) is 4.01. The summed E-state index contributed by atoms with van der Waals surface area (Å²) in [4.78, 5) is 0. The molecule has 0 radical (unpaired) electrons. The molecule has 0 bridgehead atoms. The lowest BCUT2D eigenvalue weighted by atomic mass is 9.98. The van der Waals surface area contributed by atoms with Gasteiger partial charge in [-0.05, 0) is 35.9 Å². The third-order valence-electron chi connectivity index (χ3n) is 5.31. The van der Waals surface area contributed by atoms with Gasteiger partial charge in [-0.15, -0.1) is 0 Å². The molecule has 0 amide bonds. The molecule has 130 valence electrons. The molecule has 0 aliphatic rings. The quantitative estimate of drug-likeness (QED) is 0.317. The maximum absolute atomic E-state index is 9.15. The second-order valence-electron chi connectivity index (χ2n) is 6.89. The first kappa shape index (κ1) is 15.1. The van der Waals surface area contributed by atoms with Crippen molar-refractivity contribution < 1.29 is 8.83 Å². The smallest absolute Gasteiger partial charge is 0.147 e. The van der Waals surface area contributed by atoms with Crippen molar-refractivity contribution in [3.05, 3.63) is 84.4 Å². The van der Waals surface area contributed by atoms with Crippen molar-refractivity contribution in [1.82, 2.24) is 0 Å². The molecule has 0 saturated carbocycles. The van der Waals surface area contributed by atoms with E-state index in [1.165, 1.54) is 0 Å². The maximum Gasteiger partial charge on any atom is 0.147 e. The molecule has 0 fully saturated rings. The SMILES string of the molecule is N#Cc1ccc(-c2c3oc4ccccc4c3cc3c2oc2ccccc23)cc1. The second kappa shape index (κ2) is 5.48. The Hall–Kier alpha value is -4.03. The molecule has 0 saturated heterocycles. The third-order valence-corrected chi connectivity index (χ3v) is 5.31. The van der Waals surface area contributed by atoms with Gasteiger partial charge in [0, 0.05) is 21.5 Å². The summed E-state index contributed by atoms with van der Waals surface area (Å²) >= 11 is 0. The van der Waals surface area contributed by atoms with Crippen molar-refractivity contribution in [3.8, 4) is 17.2 Å². The van der Waals surface area contributed by atoms with Crippen LogP contribution in [0.3, 0.4) is 0 Å². The van der Waals surface area contributed by atoms with Gasteiger partial charge < -0.3 is 8.83 Å². The van der Waals surface area contributed by atoms with Crippen LogP contribution < -0.4 is 0 Å². The molecule has 6 aromatic rings. The number of hydrogen-bond donors (Lipinski definition) is 0. The van der Waals surface area contributed by atoms with Crippen molar-refractivity contribution in [1.29, 1.82) is 5.26 Å². The first-order chi connectivity index (χ1) is 13.8. The van der Waals surface area contributed by atoms with Crippen LogP contribution in [0, 0.1) is 11.3 Å². The zero-order valence-electron chi connectivity index (χ0n) is 14.8. The molecule has 3 heteroatoms. The summed E-state index contributed by atoms with van der Waals surface area (Å²) in [6.07, 6.45) is 0. The second-order valence-corrected chi connectivity index (χ2v) is 6.89. The van der Waals surface area contributed by atoms with Crippen molar-refractivity contribution in [2.24, 2.45) is 0 Å². The summed E-state index contributed by atoms with van der Waals surface area (Å²) in [5, 5.41) is 13.4. The molecular formula is C25H13NO2. The summed E-state index contributed by atoms with van der Waals surface area (Å²) < 4.78 is 12.5. The zero-order chi connectivity index (χ0) is 18.7. The maximum atomic E-state index is 9.15. The number of fused-ring (bicyclic) bond motifs is 6. The monoisotopic (exact) mass is 359 g/mol. The normalized spacial score (nSPS) is 11.5. The van der Waals surface area contributed by atoms with E-state index >= 15 is 0 Å². The van der Waals surface area contributed by atoms with E-state index < -0.39 is 0 Å². The van der Waals surface area contributed by atoms with Crippen LogP contribution in [0.15, 0.2) is 87.7 Å². The van der Waals surface area contributed by atoms with Gasteiger partial charge in [-0.25, -0.2) is 0 Å². The highest BCUT2D eigenvalue weighted by Gasteiger charge is 2.20. The Morgan fingerprint density at radius 3 is 1.68 bits per heavy atom. The predicted octanol–water partition coefficient (Wildman–Crippen LogP) is 7.02. The molecule has 0 unspecified atom stereocenters. The first-order valence-corrected chi connectivity index (χ1v) is 9.09. The van der Waals surface area contributed by atoms with E-state index in [9.17, 15) is 0 Å². The van der Waals surface area contributed by atoms with E-state index in [4.69, 9.17) is 14.1 Å². The minimum absolute atomic E-state index is 0.626. The highest BCUT2D eigenvalue weighted by Crippen LogP contribution is 2.44. The molecule has 0 spiro atoms. The highest BCUT2D eigenvalue weighted by atomic mass is 16.3. The highest BCUT2D eigenvalue weighted by molar-refractivity contribution is 6.21. The Morgan fingerprint density at radius 2 is 1.14 bits per heavy atom. The average molecular weight is 359 g/mol. The lowest BCUT2D eigenvalue weighted by Gasteiger charge is -2.05. The van der Waals surface area contributed by atoms with Gasteiger partial charge in [-0.1, -0.05) is 48.5 Å². The van der Waals surface area contributed by atoms with Crippen LogP contribution in [0.25, 0.3) is 55.0 Å². The van der Waals surface area contributed by atoms with Gasteiger partial charge in [-0.3, -0.25) is 0 Å². The van der Waals surface area contributed by atoms with Gasteiger partial charge in [0.1, 0.15) is 22.3 Å². The summed E-state index contributed by atoms with van der Waals surface area (Å²) in [7, 11) is 0. The third kappa shape index (κ3) is 1.97. The number of para-hydroxylation sites is 2. The Kier molecular flexibility index (Phi) is 2.95. The fraction of sp³-hybridized carbons (Fsp3) is 0. The molecule has 0 aliphatic heterocycles. The van der Waals surface area contributed by atoms with E-state index in [0.29, 0.717) is 5.56 Å². The molecule has 2 aromatic heterocycles. The Bertz CT molecular complexity index is 1470. The van der Waals surface area contributed by atoms with Crippen LogP contribution in [-0.2, 0) is 0 Å². The zero-order valence-corrected chi connectivity index (χ0v) is 14.8. The predicted molar refractivity (Wildman–Crippen MR) is 111 cm³/mol. The fourth-order valence-corrected chi connectivity index (χ4v) is 4.01. The first-order valence-electron chi connectivity index (χ1n) is 9.09. The molecule has 4 aromatic carbocycles. The van der Waals surface area contributed by atoms with E-state index in [1.54, 1.807) is 0 Å². The average Bonchev–Trinajstić information content (AvgIpc) is 3.30. The standard InChI is InChI=1S/C25H13NO2/c26-14-15-9-11-16(12-10-15)23-24-19(17-5-1-3-7-21(17)27-24)13-20-18-6-2-4-8-22(18)28-25(20)23/h1-13H. The van der Waals surface area contributed by atoms with Crippen molar-refractivity contribution in [2.75, 3.05) is 0 Å². The van der Waals surface area contributed by atoms with Gasteiger partial charge in [-0.2, -0.15) is 5.26 Å². The number of nitrogens with zero attached hydrogens (tertiary/aromatic N) is 1. The largest absolute Gasteiger partial charge is 0.455 e. The van der Waals surface area contributed by atoms with Gasteiger partial charge >= 0.3 is 0 Å². The molecule has 0 atom stereocenters. The lowest BCUT2D eigenvalue weighted by Crippen LogP contribution is -1.82. The van der Waals surface area contributed by atoms with E-state index in [2.05, 4.69) is 24.3 Å². The van der Waals surface area contributed by atoms with E-state index in [0.717, 1.165) is 55.0 Å². The Labute approximate surface area is 160 Å². The number of hydrogen-bond acceptors (Lipinski definition) is 3. The van der Waals surface area contributed by atoms with E-state index in [1.807, 2.05) is 60.7 Å². The summed E-state index contributed by atoms with van der Waals surface area (Å²) in [5.74, 6) is 0. The van der Waals surface area contributed by atoms with Crippen molar-refractivity contribution in [2.45, 2.75) is 0 Å². The van der Waals surface area contributed by atoms with Crippen LogP contribution in [0.1, 0.15) is 5.56 Å². The van der Waals surface area contributed by atoms with Gasteiger partial charge in [0.15, 0.2) is 0 Å². The number of benzene rings is 4. The van der Waals surface area contributed by atoms with Gasteiger partial charge in [0.2, 0.25) is 0 Å². The van der Waals surface area contributed by atoms with Gasteiger partial charge in [0.05, 0.1) is 17.2 Å². The minimum Gasteiger partial charge on any atom is -0.455 e. The van der Waals surface area contributed by atoms with Crippen LogP contribution in [0.2, 0.25) is 0 Å². The Morgan fingerprint density at radius 1 is 0.607 bits per heavy atom. The number of nitriles is 1. The topological polar surface area (TPSA) is 50.1 Å². The number of rotatable bonds is 1. The minimum atomic E-state index is 0.626. The van der Waals surface area contributed by atoms with Crippen LogP contribution in [-0.4, -0.2) is 0 Å². The lowest BCUT2D eigenvalue weighted by molar-refractivity contribution is 0.658. The summed E-state index contributed by atoms with van der Waals surface area (Å²) in [6, 6.07) is 28.0. The summed E-state index contributed by atoms with van der Waals surface area (Å²) in [6.45, 7) is 0. The molecule has 28 heavy (non-hydrogen) atoms. The molecule has 0 N–H and O–H groups in total. The summed E-state index contributed by atoms with van der Waals surface area (Å²) in [5.41, 5.74) is 5.82. The van der Waals surface area contributed by atoms with Crippen LogP contribution in [0.4, 0.5) is 0 Å². The molecular weight excluding hydrogens is 346 g/mol.